The SMILES string of the molecule is O=C(CSc1nn(-c2ccccc2)c(=S)s1)c1ccc(NC(=O)c2ccccc2)cc1. The third kappa shape index (κ3) is 5.35. The van der Waals surface area contributed by atoms with Gasteiger partial charge in [0.05, 0.1) is 11.4 Å². The van der Waals surface area contributed by atoms with Gasteiger partial charge in [0.25, 0.3) is 5.91 Å². The number of ketones is 1. The van der Waals surface area contributed by atoms with Crippen LogP contribution in [0.1, 0.15) is 20.7 Å². The first-order valence-corrected chi connectivity index (χ1v) is 11.6. The van der Waals surface area contributed by atoms with Crippen LogP contribution >= 0.6 is 35.3 Å². The van der Waals surface area contributed by atoms with E-state index in [2.05, 4.69) is 10.4 Å². The number of hydrogen-bond donors (Lipinski definition) is 1. The molecule has 0 spiro atoms. The lowest BCUT2D eigenvalue weighted by Crippen LogP contribution is -2.11. The smallest absolute Gasteiger partial charge is 0.255 e. The van der Waals surface area contributed by atoms with Gasteiger partial charge in [0, 0.05) is 16.8 Å². The number of carbonyl (C=O) groups excluding carboxylic acids is 2. The predicted octanol–water partition coefficient (Wildman–Crippen LogP) is 5.89. The first kappa shape index (κ1) is 21.2. The van der Waals surface area contributed by atoms with Crippen molar-refractivity contribution in [1.82, 2.24) is 9.78 Å². The molecule has 0 bridgehead atoms. The maximum atomic E-state index is 12.6. The monoisotopic (exact) mass is 463 g/mol. The van der Waals surface area contributed by atoms with Gasteiger partial charge >= 0.3 is 0 Å². The lowest BCUT2D eigenvalue weighted by Gasteiger charge is -2.06. The average molecular weight is 464 g/mol. The Morgan fingerprint density at radius 2 is 1.55 bits per heavy atom. The minimum Gasteiger partial charge on any atom is -0.322 e. The van der Waals surface area contributed by atoms with E-state index < -0.39 is 0 Å². The van der Waals surface area contributed by atoms with Gasteiger partial charge in [0.15, 0.2) is 14.1 Å². The molecular weight excluding hydrogens is 446 g/mol. The number of nitrogens with zero attached hydrogens (tertiary/aromatic N) is 2. The highest BCUT2D eigenvalue weighted by molar-refractivity contribution is 8.01. The summed E-state index contributed by atoms with van der Waals surface area (Å²) in [6, 6.07) is 25.5. The molecule has 0 saturated heterocycles. The second kappa shape index (κ2) is 9.82. The van der Waals surface area contributed by atoms with E-state index in [9.17, 15) is 9.59 Å². The molecule has 3 aromatic carbocycles. The lowest BCUT2D eigenvalue weighted by molar-refractivity contribution is 0.101. The third-order valence-electron chi connectivity index (χ3n) is 4.36. The van der Waals surface area contributed by atoms with Crippen LogP contribution < -0.4 is 5.32 Å². The largest absolute Gasteiger partial charge is 0.322 e. The summed E-state index contributed by atoms with van der Waals surface area (Å²) < 4.78 is 3.09. The molecule has 1 aromatic heterocycles. The van der Waals surface area contributed by atoms with Crippen LogP contribution in [0.15, 0.2) is 89.3 Å². The van der Waals surface area contributed by atoms with Gasteiger partial charge in [-0.25, -0.2) is 4.68 Å². The molecule has 1 heterocycles. The van der Waals surface area contributed by atoms with E-state index in [1.807, 2.05) is 48.5 Å². The topological polar surface area (TPSA) is 64.0 Å². The van der Waals surface area contributed by atoms with Crippen LogP contribution in [0.25, 0.3) is 5.69 Å². The number of carbonyl (C=O) groups is 2. The Bertz CT molecular complexity index is 1250. The number of thioether (sulfide) groups is 1. The summed E-state index contributed by atoms with van der Waals surface area (Å²) in [7, 11) is 0. The van der Waals surface area contributed by atoms with Crippen molar-refractivity contribution in [2.75, 3.05) is 11.1 Å². The minimum absolute atomic E-state index is 0.0154. The van der Waals surface area contributed by atoms with Gasteiger partial charge in [0.2, 0.25) is 0 Å². The maximum Gasteiger partial charge on any atom is 0.255 e. The number of hydrogen-bond acceptors (Lipinski definition) is 6. The van der Waals surface area contributed by atoms with Crippen LogP contribution in [0.4, 0.5) is 5.69 Å². The molecular formula is C23H17N3O2S3. The predicted molar refractivity (Wildman–Crippen MR) is 128 cm³/mol. The second-order valence-corrected chi connectivity index (χ2v) is 9.34. The highest BCUT2D eigenvalue weighted by Crippen LogP contribution is 2.25. The summed E-state index contributed by atoms with van der Waals surface area (Å²) in [5, 5.41) is 7.34. The zero-order valence-electron chi connectivity index (χ0n) is 16.2. The van der Waals surface area contributed by atoms with Crippen LogP contribution in [0.2, 0.25) is 0 Å². The number of aromatic nitrogens is 2. The Balaban J connectivity index is 1.36. The molecule has 0 unspecified atom stereocenters. The van der Waals surface area contributed by atoms with Crippen molar-refractivity contribution in [1.29, 1.82) is 0 Å². The fraction of sp³-hybridized carbons (Fsp3) is 0.0435. The van der Waals surface area contributed by atoms with Gasteiger partial charge in [0.1, 0.15) is 0 Å². The second-order valence-electron chi connectivity index (χ2n) is 6.49. The maximum absolute atomic E-state index is 12.6. The Hall–Kier alpha value is -3.07. The number of nitrogens with one attached hydrogen (secondary N) is 1. The minimum atomic E-state index is -0.189. The molecule has 154 valence electrons. The summed E-state index contributed by atoms with van der Waals surface area (Å²) >= 11 is 8.15. The van der Waals surface area contributed by atoms with Gasteiger partial charge in [-0.3, -0.25) is 9.59 Å². The summed E-state index contributed by atoms with van der Waals surface area (Å²) in [6.45, 7) is 0. The standard InChI is InChI=1S/C23H17N3O2S3/c27-20(15-30-22-25-26(23(29)31-22)19-9-5-2-6-10-19)16-11-13-18(14-12-16)24-21(28)17-7-3-1-4-8-17/h1-14H,15H2,(H,24,28). The van der Waals surface area contributed by atoms with Crippen molar-refractivity contribution in [3.8, 4) is 5.69 Å². The molecule has 5 nitrogen and oxygen atoms in total. The molecule has 0 aliphatic carbocycles. The molecule has 8 heteroatoms. The Kier molecular flexibility index (Phi) is 6.71. The van der Waals surface area contributed by atoms with Gasteiger partial charge < -0.3 is 5.32 Å². The fourth-order valence-corrected chi connectivity index (χ4v) is 5.05. The molecule has 4 rings (SSSR count). The quantitative estimate of drug-likeness (QED) is 0.210. The van der Waals surface area contributed by atoms with Crippen molar-refractivity contribution in [2.24, 2.45) is 0 Å². The molecule has 0 saturated carbocycles. The number of rotatable bonds is 7. The average Bonchev–Trinajstić information content (AvgIpc) is 3.19. The van der Waals surface area contributed by atoms with Gasteiger partial charge in [-0.2, -0.15) is 0 Å². The molecule has 4 aromatic rings. The highest BCUT2D eigenvalue weighted by Gasteiger charge is 2.12. The molecule has 31 heavy (non-hydrogen) atoms. The number of Topliss-reactive ketones (excluding diaryl/α,β-unsaturated/α-hetero) is 1. The fourth-order valence-electron chi connectivity index (χ4n) is 2.79. The summed E-state index contributed by atoms with van der Waals surface area (Å²) in [6.07, 6.45) is 0. The summed E-state index contributed by atoms with van der Waals surface area (Å²) in [4.78, 5) is 24.8. The molecule has 0 aliphatic heterocycles. The van der Waals surface area contributed by atoms with Crippen molar-refractivity contribution < 1.29 is 9.59 Å². The zero-order chi connectivity index (χ0) is 21.6. The zero-order valence-corrected chi connectivity index (χ0v) is 18.7. The molecule has 0 fully saturated rings. The van der Waals surface area contributed by atoms with Crippen molar-refractivity contribution in [3.63, 3.8) is 0 Å². The molecule has 1 amide bonds. The molecule has 0 aliphatic rings. The molecule has 0 atom stereocenters. The van der Waals surface area contributed by atoms with E-state index in [0.717, 1.165) is 10.0 Å². The van der Waals surface area contributed by atoms with Crippen LogP contribution in [0.3, 0.4) is 0 Å². The van der Waals surface area contributed by atoms with Gasteiger partial charge in [-0.1, -0.05) is 59.5 Å². The van der Waals surface area contributed by atoms with Crippen LogP contribution in [0, 0.1) is 3.95 Å². The number of anilines is 1. The Morgan fingerprint density at radius 3 is 2.23 bits per heavy atom. The first-order valence-electron chi connectivity index (χ1n) is 9.38. The lowest BCUT2D eigenvalue weighted by atomic mass is 10.1. The Morgan fingerprint density at radius 1 is 0.903 bits per heavy atom. The third-order valence-corrected chi connectivity index (χ3v) is 6.72. The van der Waals surface area contributed by atoms with Crippen molar-refractivity contribution >= 4 is 52.7 Å². The Labute approximate surface area is 192 Å². The van der Waals surface area contributed by atoms with E-state index in [4.69, 9.17) is 12.2 Å². The highest BCUT2D eigenvalue weighted by atomic mass is 32.2. The molecule has 1 N–H and O–H groups in total. The molecule has 0 radical (unpaired) electrons. The van der Waals surface area contributed by atoms with Gasteiger partial charge in [-0.15, -0.1) is 5.10 Å². The van der Waals surface area contributed by atoms with Crippen molar-refractivity contribution in [3.05, 3.63) is 100 Å². The normalized spacial score (nSPS) is 10.6. The van der Waals surface area contributed by atoms with Crippen LogP contribution in [0.5, 0.6) is 0 Å². The number of amides is 1. The van der Waals surface area contributed by atoms with E-state index in [-0.39, 0.29) is 17.4 Å². The van der Waals surface area contributed by atoms with Crippen molar-refractivity contribution in [2.45, 2.75) is 4.34 Å². The van der Waals surface area contributed by atoms with Gasteiger partial charge in [-0.05, 0) is 60.7 Å². The van der Waals surface area contributed by atoms with Crippen LogP contribution in [-0.4, -0.2) is 27.2 Å². The van der Waals surface area contributed by atoms with E-state index in [1.54, 1.807) is 41.1 Å². The van der Waals surface area contributed by atoms with E-state index >= 15 is 0 Å². The number of benzene rings is 3. The van der Waals surface area contributed by atoms with Crippen LogP contribution in [-0.2, 0) is 0 Å². The van der Waals surface area contributed by atoms with E-state index in [1.165, 1.54) is 23.1 Å². The summed E-state index contributed by atoms with van der Waals surface area (Å²) in [5.74, 6) is 0.0519. The first-order chi connectivity index (χ1) is 15.1. The van der Waals surface area contributed by atoms with E-state index in [0.29, 0.717) is 20.8 Å². The number of para-hydroxylation sites is 1. The summed E-state index contributed by atoms with van der Waals surface area (Å²) in [5.41, 5.74) is 2.69.